The Morgan fingerprint density at radius 1 is 1.22 bits per heavy atom. The molecule has 0 bridgehead atoms. The van der Waals surface area contributed by atoms with E-state index in [0.717, 1.165) is 0 Å². The molecule has 1 atom stereocenters. The molecule has 0 heterocycles. The molecule has 3 N–H and O–H groups in total. The molecule has 0 aliphatic heterocycles. The van der Waals surface area contributed by atoms with E-state index >= 15 is 0 Å². The molecule has 0 spiro atoms. The Kier molecular flexibility index (Phi) is 8.34. The lowest BCUT2D eigenvalue weighted by Gasteiger charge is -2.09. The first-order valence-electron chi connectivity index (χ1n) is 5.87. The van der Waals surface area contributed by atoms with E-state index in [-0.39, 0.29) is 25.5 Å². The van der Waals surface area contributed by atoms with E-state index in [9.17, 15) is 14.4 Å². The van der Waals surface area contributed by atoms with E-state index in [2.05, 4.69) is 15.4 Å². The smallest absolute Gasteiger partial charge is 0.314 e. The molecule has 0 saturated carbocycles. The van der Waals surface area contributed by atoms with E-state index in [1.807, 2.05) is 0 Å². The lowest BCUT2D eigenvalue weighted by atomic mass is 10.1. The Hall–Kier alpha value is -1.79. The Bertz CT molecular complexity index is 293. The first-order valence-corrected chi connectivity index (χ1v) is 5.87. The van der Waals surface area contributed by atoms with Crippen LogP contribution in [0, 0.1) is 5.92 Å². The van der Waals surface area contributed by atoms with Gasteiger partial charge in [-0.15, -0.1) is 0 Å². The highest BCUT2D eigenvalue weighted by Crippen LogP contribution is 1.99. The van der Waals surface area contributed by atoms with Gasteiger partial charge in [0.2, 0.25) is 0 Å². The van der Waals surface area contributed by atoms with Crippen LogP contribution in [0.1, 0.15) is 26.7 Å². The van der Waals surface area contributed by atoms with Gasteiger partial charge in [-0.25, -0.2) is 4.79 Å². The van der Waals surface area contributed by atoms with Gasteiger partial charge in [-0.2, -0.15) is 0 Å². The van der Waals surface area contributed by atoms with E-state index in [1.54, 1.807) is 13.8 Å². The quantitative estimate of drug-likeness (QED) is 0.546. The van der Waals surface area contributed by atoms with Crippen molar-refractivity contribution in [3.8, 4) is 0 Å². The summed E-state index contributed by atoms with van der Waals surface area (Å²) >= 11 is 0. The summed E-state index contributed by atoms with van der Waals surface area (Å²) in [4.78, 5) is 32.7. The molecule has 1 unspecified atom stereocenters. The van der Waals surface area contributed by atoms with Gasteiger partial charge in [0.15, 0.2) is 0 Å². The van der Waals surface area contributed by atoms with Crippen LogP contribution in [0.3, 0.4) is 0 Å². The maximum absolute atomic E-state index is 11.2. The highest BCUT2D eigenvalue weighted by Gasteiger charge is 2.10. The van der Waals surface area contributed by atoms with Gasteiger partial charge < -0.3 is 20.5 Å². The van der Waals surface area contributed by atoms with Crippen molar-refractivity contribution in [3.63, 3.8) is 0 Å². The highest BCUT2D eigenvalue weighted by molar-refractivity contribution is 5.75. The molecule has 2 amide bonds. The molecule has 7 nitrogen and oxygen atoms in total. The van der Waals surface area contributed by atoms with Gasteiger partial charge in [0, 0.05) is 13.1 Å². The number of ether oxygens (including phenoxy) is 1. The van der Waals surface area contributed by atoms with Gasteiger partial charge in [0.25, 0.3) is 0 Å². The third kappa shape index (κ3) is 8.37. The van der Waals surface area contributed by atoms with Crippen molar-refractivity contribution in [2.24, 2.45) is 5.92 Å². The third-order valence-electron chi connectivity index (χ3n) is 2.20. The number of hydrogen-bond donors (Lipinski definition) is 3. The minimum absolute atomic E-state index is 0.118. The minimum Gasteiger partial charge on any atom is -0.481 e. The minimum atomic E-state index is -0.889. The van der Waals surface area contributed by atoms with Crippen molar-refractivity contribution in [2.45, 2.75) is 26.7 Å². The second-order valence-corrected chi connectivity index (χ2v) is 3.77. The number of nitrogens with one attached hydrogen (secondary N) is 2. The zero-order valence-electron chi connectivity index (χ0n) is 10.7. The molecule has 0 radical (unpaired) electrons. The number of carboxylic acids is 1. The predicted octanol–water partition coefficient (Wildman–Crippen LogP) is 0.350. The van der Waals surface area contributed by atoms with Gasteiger partial charge in [-0.3, -0.25) is 9.59 Å². The number of hydrogen-bond acceptors (Lipinski definition) is 4. The summed E-state index contributed by atoms with van der Waals surface area (Å²) in [6, 6.07) is -0.420. The number of urea groups is 1. The van der Waals surface area contributed by atoms with Crippen molar-refractivity contribution >= 4 is 18.0 Å². The maximum Gasteiger partial charge on any atom is 0.314 e. The van der Waals surface area contributed by atoms with Crippen LogP contribution in [0.15, 0.2) is 0 Å². The summed E-state index contributed by atoms with van der Waals surface area (Å²) in [7, 11) is 0. The first-order chi connectivity index (χ1) is 8.47. The number of rotatable bonds is 8. The van der Waals surface area contributed by atoms with Crippen LogP contribution in [0.5, 0.6) is 0 Å². The highest BCUT2D eigenvalue weighted by atomic mass is 16.5. The molecule has 0 aromatic heterocycles. The zero-order chi connectivity index (χ0) is 14.0. The predicted molar refractivity (Wildman–Crippen MR) is 64.1 cm³/mol. The fourth-order valence-corrected chi connectivity index (χ4v) is 1.10. The van der Waals surface area contributed by atoms with Gasteiger partial charge >= 0.3 is 18.0 Å². The summed E-state index contributed by atoms with van der Waals surface area (Å²) in [5.41, 5.74) is 0. The molecule has 0 rings (SSSR count). The topological polar surface area (TPSA) is 105 Å². The maximum atomic E-state index is 11.2. The van der Waals surface area contributed by atoms with Crippen LogP contribution in [-0.2, 0) is 14.3 Å². The fraction of sp³-hybridized carbons (Fsp3) is 0.727. The molecule has 18 heavy (non-hydrogen) atoms. The Morgan fingerprint density at radius 2 is 1.83 bits per heavy atom. The number of carbonyl (C=O) groups is 3. The van der Waals surface area contributed by atoms with Crippen LogP contribution in [0.2, 0.25) is 0 Å². The van der Waals surface area contributed by atoms with Crippen molar-refractivity contribution in [3.05, 3.63) is 0 Å². The second kappa shape index (κ2) is 9.26. The van der Waals surface area contributed by atoms with Gasteiger partial charge in [-0.05, 0) is 13.3 Å². The molecule has 0 aliphatic carbocycles. The average Bonchev–Trinajstić information content (AvgIpc) is 2.29. The molecule has 104 valence electrons. The van der Waals surface area contributed by atoms with Crippen molar-refractivity contribution < 1.29 is 24.2 Å². The van der Waals surface area contributed by atoms with Crippen LogP contribution in [-0.4, -0.2) is 42.8 Å². The van der Waals surface area contributed by atoms with Gasteiger partial charge in [0.05, 0.1) is 18.9 Å². The molecular formula is C11H20N2O5. The normalized spacial score (nSPS) is 11.4. The third-order valence-corrected chi connectivity index (χ3v) is 2.20. The number of aliphatic carboxylic acids is 1. The Balaban J connectivity index is 3.54. The number of carboxylic acid groups (broad SMARTS) is 1. The lowest BCUT2D eigenvalue weighted by Crippen LogP contribution is -2.37. The van der Waals surface area contributed by atoms with Crippen molar-refractivity contribution in [1.29, 1.82) is 0 Å². The number of esters is 1. The van der Waals surface area contributed by atoms with Gasteiger partial charge in [-0.1, -0.05) is 6.92 Å². The fourth-order valence-electron chi connectivity index (χ4n) is 1.10. The first kappa shape index (κ1) is 16.2. The average molecular weight is 260 g/mol. The summed E-state index contributed by atoms with van der Waals surface area (Å²) in [5, 5.41) is 13.6. The Labute approximate surface area is 106 Å². The molecule has 0 aromatic rings. The standard InChI is InChI=1S/C11H20N2O5/c1-3-18-9(14)5-7-13-11(17)12-6-4-8(2)10(15)16/h8H,3-7H2,1-2H3,(H,15,16)(H2,12,13,17). The summed E-state index contributed by atoms with van der Waals surface area (Å²) < 4.78 is 4.69. The summed E-state index contributed by atoms with van der Waals surface area (Å²) in [6.07, 6.45) is 0.480. The lowest BCUT2D eigenvalue weighted by molar-refractivity contribution is -0.143. The van der Waals surface area contributed by atoms with E-state index in [4.69, 9.17) is 5.11 Å². The van der Waals surface area contributed by atoms with E-state index in [1.165, 1.54) is 0 Å². The monoisotopic (exact) mass is 260 g/mol. The summed E-state index contributed by atoms with van der Waals surface area (Å²) in [5.74, 6) is -1.75. The zero-order valence-corrected chi connectivity index (χ0v) is 10.7. The largest absolute Gasteiger partial charge is 0.481 e. The van der Waals surface area contributed by atoms with Crippen LogP contribution in [0.4, 0.5) is 4.79 Å². The molecule has 0 aliphatic rings. The van der Waals surface area contributed by atoms with E-state index in [0.29, 0.717) is 13.0 Å². The van der Waals surface area contributed by atoms with Crippen LogP contribution < -0.4 is 10.6 Å². The Morgan fingerprint density at radius 3 is 2.39 bits per heavy atom. The van der Waals surface area contributed by atoms with Crippen LogP contribution >= 0.6 is 0 Å². The summed E-state index contributed by atoms with van der Waals surface area (Å²) in [6.45, 7) is 4.07. The molecular weight excluding hydrogens is 240 g/mol. The van der Waals surface area contributed by atoms with Crippen molar-refractivity contribution in [2.75, 3.05) is 19.7 Å². The molecule has 0 saturated heterocycles. The van der Waals surface area contributed by atoms with E-state index < -0.39 is 17.9 Å². The molecule has 0 aromatic carbocycles. The van der Waals surface area contributed by atoms with Crippen LogP contribution in [0.25, 0.3) is 0 Å². The van der Waals surface area contributed by atoms with Gasteiger partial charge in [0.1, 0.15) is 0 Å². The number of carbonyl (C=O) groups excluding carboxylic acids is 2. The number of amides is 2. The van der Waals surface area contributed by atoms with Crippen molar-refractivity contribution in [1.82, 2.24) is 10.6 Å². The SMILES string of the molecule is CCOC(=O)CCNC(=O)NCCC(C)C(=O)O. The molecule has 0 fully saturated rings. The second-order valence-electron chi connectivity index (χ2n) is 3.77. The molecule has 7 heteroatoms.